The second-order valence-electron chi connectivity index (χ2n) is 4.73. The molecule has 0 saturated carbocycles. The van der Waals surface area contributed by atoms with E-state index in [0.29, 0.717) is 11.3 Å². The van der Waals surface area contributed by atoms with Gasteiger partial charge >= 0.3 is 5.91 Å². The molecule has 2 aromatic carbocycles. The lowest BCUT2D eigenvalue weighted by Crippen LogP contribution is -2.25. The molecule has 0 aromatic heterocycles. The normalized spacial score (nSPS) is 13.9. The Morgan fingerprint density at radius 2 is 1.53 bits per heavy atom. The second kappa shape index (κ2) is 4.05. The number of rotatable bonds is 1. The quantitative estimate of drug-likeness (QED) is 0.730. The van der Waals surface area contributed by atoms with Gasteiger partial charge in [-0.2, -0.15) is 0 Å². The van der Waals surface area contributed by atoms with E-state index in [1.54, 1.807) is 12.1 Å². The molecule has 2 aromatic rings. The van der Waals surface area contributed by atoms with Crippen LogP contribution in [0.3, 0.4) is 0 Å². The molecular weight excluding hydrogens is 238 g/mol. The summed E-state index contributed by atoms with van der Waals surface area (Å²) < 4.78 is 0. The zero-order chi connectivity index (χ0) is 13.6. The monoisotopic (exact) mass is 251 g/mol. The number of aryl methyl sites for hydroxylation is 2. The molecule has 0 N–H and O–H groups in total. The Balaban J connectivity index is 2.28. The molecule has 1 aliphatic rings. The maximum absolute atomic E-state index is 12.2. The smallest absolute Gasteiger partial charge is 0.283 e. The molecule has 1 aliphatic heterocycles. The van der Waals surface area contributed by atoms with Gasteiger partial charge in [0, 0.05) is 0 Å². The van der Waals surface area contributed by atoms with Crippen LogP contribution >= 0.6 is 0 Å². The van der Waals surface area contributed by atoms with Crippen LogP contribution in [0.5, 0.6) is 0 Å². The summed E-state index contributed by atoms with van der Waals surface area (Å²) in [5.41, 5.74) is 3.88. The highest BCUT2D eigenvalue weighted by Gasteiger charge is 2.38. The Morgan fingerprint density at radius 1 is 0.842 bits per heavy atom. The molecule has 1 amide bonds. The number of amides is 1. The molecule has 0 unspecified atom stereocenters. The van der Waals surface area contributed by atoms with Crippen molar-refractivity contribution in [2.75, 3.05) is 4.90 Å². The van der Waals surface area contributed by atoms with E-state index in [4.69, 9.17) is 0 Å². The van der Waals surface area contributed by atoms with Crippen molar-refractivity contribution in [1.82, 2.24) is 0 Å². The summed E-state index contributed by atoms with van der Waals surface area (Å²) >= 11 is 0. The number of carbonyl (C=O) groups is 2. The van der Waals surface area contributed by atoms with Crippen molar-refractivity contribution in [3.05, 3.63) is 59.2 Å². The number of benzene rings is 2. The van der Waals surface area contributed by atoms with Gasteiger partial charge in [-0.15, -0.1) is 0 Å². The van der Waals surface area contributed by atoms with Crippen molar-refractivity contribution < 1.29 is 9.59 Å². The van der Waals surface area contributed by atoms with Gasteiger partial charge in [0.05, 0.1) is 16.9 Å². The van der Waals surface area contributed by atoms with E-state index in [9.17, 15) is 9.59 Å². The Hall–Kier alpha value is -2.42. The molecule has 94 valence electrons. The van der Waals surface area contributed by atoms with Crippen LogP contribution in [0.15, 0.2) is 42.5 Å². The zero-order valence-corrected chi connectivity index (χ0v) is 10.8. The number of hydrogen-bond donors (Lipinski definition) is 0. The van der Waals surface area contributed by atoms with Gasteiger partial charge in [0.2, 0.25) is 0 Å². The number of hydrogen-bond acceptors (Lipinski definition) is 2. The minimum Gasteiger partial charge on any atom is -0.283 e. The fourth-order valence-electron chi connectivity index (χ4n) is 2.50. The predicted octanol–water partition coefficient (Wildman–Crippen LogP) is 3.16. The van der Waals surface area contributed by atoms with E-state index in [0.717, 1.165) is 16.8 Å². The SMILES string of the molecule is Cc1ccccc1N1C(=O)C(=O)c2cccc(C)c21. The number of carbonyl (C=O) groups excluding carboxylic acids is 2. The number of ketones is 1. The van der Waals surface area contributed by atoms with E-state index in [1.165, 1.54) is 4.90 Å². The molecule has 1 heterocycles. The Labute approximate surface area is 111 Å². The molecule has 0 spiro atoms. The average molecular weight is 251 g/mol. The van der Waals surface area contributed by atoms with Crippen LogP contribution < -0.4 is 4.90 Å². The molecule has 0 radical (unpaired) electrons. The van der Waals surface area contributed by atoms with Crippen LogP contribution in [0.4, 0.5) is 11.4 Å². The molecule has 3 rings (SSSR count). The van der Waals surface area contributed by atoms with Gasteiger partial charge in [-0.05, 0) is 37.1 Å². The van der Waals surface area contributed by atoms with Crippen molar-refractivity contribution in [3.63, 3.8) is 0 Å². The minimum atomic E-state index is -0.474. The molecule has 19 heavy (non-hydrogen) atoms. The number of anilines is 2. The summed E-state index contributed by atoms with van der Waals surface area (Å²) in [6.07, 6.45) is 0. The first-order valence-electron chi connectivity index (χ1n) is 6.15. The van der Waals surface area contributed by atoms with Crippen LogP contribution in [-0.2, 0) is 4.79 Å². The van der Waals surface area contributed by atoms with Crippen molar-refractivity contribution in [3.8, 4) is 0 Å². The van der Waals surface area contributed by atoms with Crippen LogP contribution in [0, 0.1) is 13.8 Å². The lowest BCUT2D eigenvalue weighted by atomic mass is 10.1. The average Bonchev–Trinajstić information content (AvgIpc) is 2.65. The third kappa shape index (κ3) is 1.58. The van der Waals surface area contributed by atoms with Crippen LogP contribution in [0.25, 0.3) is 0 Å². The van der Waals surface area contributed by atoms with E-state index in [-0.39, 0.29) is 0 Å². The number of Topliss-reactive ketones (excluding diaryl/α,β-unsaturated/α-hetero) is 1. The van der Waals surface area contributed by atoms with E-state index in [2.05, 4.69) is 0 Å². The number of fused-ring (bicyclic) bond motifs is 1. The van der Waals surface area contributed by atoms with Gasteiger partial charge in [-0.3, -0.25) is 14.5 Å². The Bertz CT molecular complexity index is 704. The van der Waals surface area contributed by atoms with E-state index < -0.39 is 11.7 Å². The third-order valence-electron chi connectivity index (χ3n) is 3.46. The Morgan fingerprint density at radius 3 is 2.26 bits per heavy atom. The first-order chi connectivity index (χ1) is 9.11. The molecule has 0 atom stereocenters. The molecule has 0 bridgehead atoms. The topological polar surface area (TPSA) is 37.4 Å². The van der Waals surface area contributed by atoms with Gasteiger partial charge in [0.15, 0.2) is 0 Å². The van der Waals surface area contributed by atoms with Crippen LogP contribution in [-0.4, -0.2) is 11.7 Å². The van der Waals surface area contributed by atoms with Crippen molar-refractivity contribution in [2.45, 2.75) is 13.8 Å². The fraction of sp³-hybridized carbons (Fsp3) is 0.125. The summed E-state index contributed by atoms with van der Waals surface area (Å²) in [5, 5.41) is 0. The standard InChI is InChI=1S/C16H13NO2/c1-10-6-3-4-9-13(10)17-14-11(2)7-5-8-12(14)15(18)16(17)19/h3-9H,1-2H3. The largest absolute Gasteiger partial charge is 0.304 e. The molecule has 3 nitrogen and oxygen atoms in total. The highest BCUT2D eigenvalue weighted by atomic mass is 16.2. The summed E-state index contributed by atoms with van der Waals surface area (Å²) in [7, 11) is 0. The predicted molar refractivity (Wildman–Crippen MR) is 73.8 cm³/mol. The zero-order valence-electron chi connectivity index (χ0n) is 10.8. The van der Waals surface area contributed by atoms with E-state index >= 15 is 0 Å². The summed E-state index contributed by atoms with van der Waals surface area (Å²) in [4.78, 5) is 25.8. The maximum atomic E-state index is 12.2. The van der Waals surface area contributed by atoms with Crippen LogP contribution in [0.2, 0.25) is 0 Å². The molecule has 3 heteroatoms. The van der Waals surface area contributed by atoms with Gasteiger partial charge in [-0.25, -0.2) is 0 Å². The van der Waals surface area contributed by atoms with Gasteiger partial charge in [-0.1, -0.05) is 30.3 Å². The Kier molecular flexibility index (Phi) is 2.49. The highest BCUT2D eigenvalue weighted by molar-refractivity contribution is 6.53. The van der Waals surface area contributed by atoms with Crippen molar-refractivity contribution >= 4 is 23.1 Å². The lowest BCUT2D eigenvalue weighted by Gasteiger charge is -2.20. The van der Waals surface area contributed by atoms with Crippen LogP contribution in [0.1, 0.15) is 21.5 Å². The van der Waals surface area contributed by atoms with E-state index in [1.807, 2.05) is 44.2 Å². The highest BCUT2D eigenvalue weighted by Crippen LogP contribution is 2.38. The van der Waals surface area contributed by atoms with Gasteiger partial charge in [0.1, 0.15) is 0 Å². The summed E-state index contributed by atoms with van der Waals surface area (Å²) in [6, 6.07) is 13.0. The number of nitrogens with zero attached hydrogens (tertiary/aromatic N) is 1. The molecule has 0 aliphatic carbocycles. The maximum Gasteiger partial charge on any atom is 0.304 e. The first-order valence-corrected chi connectivity index (χ1v) is 6.15. The van der Waals surface area contributed by atoms with Gasteiger partial charge in [0.25, 0.3) is 5.78 Å². The van der Waals surface area contributed by atoms with Crippen molar-refractivity contribution in [1.29, 1.82) is 0 Å². The van der Waals surface area contributed by atoms with Gasteiger partial charge < -0.3 is 0 Å². The molecule has 0 saturated heterocycles. The minimum absolute atomic E-state index is 0.429. The molecular formula is C16H13NO2. The fourth-order valence-corrected chi connectivity index (χ4v) is 2.50. The lowest BCUT2D eigenvalue weighted by molar-refractivity contribution is -0.113. The molecule has 0 fully saturated rings. The summed E-state index contributed by atoms with van der Waals surface area (Å²) in [5.74, 6) is -0.902. The second-order valence-corrected chi connectivity index (χ2v) is 4.73. The third-order valence-corrected chi connectivity index (χ3v) is 3.46. The van der Waals surface area contributed by atoms with Crippen molar-refractivity contribution in [2.24, 2.45) is 0 Å². The summed E-state index contributed by atoms with van der Waals surface area (Å²) in [6.45, 7) is 3.85. The number of para-hydroxylation sites is 2. The first kappa shape index (κ1) is 11.7.